The molecule has 0 radical (unpaired) electrons. The topological polar surface area (TPSA) is 42.7 Å². The lowest BCUT2D eigenvalue weighted by Gasteiger charge is -2.17. The van der Waals surface area contributed by atoms with Crippen LogP contribution >= 0.6 is 22.7 Å². The van der Waals surface area contributed by atoms with E-state index < -0.39 is 0 Å². The van der Waals surface area contributed by atoms with Gasteiger partial charge in [0.2, 0.25) is 0 Å². The molecule has 0 aromatic carbocycles. The fraction of sp³-hybridized carbons (Fsp3) is 0.333. The summed E-state index contributed by atoms with van der Waals surface area (Å²) in [6.07, 6.45) is 4.78. The van der Waals surface area contributed by atoms with E-state index in [-0.39, 0.29) is 6.04 Å². The number of hydrogen-bond acceptors (Lipinski definition) is 5. The number of imidazole rings is 1. The molecule has 110 valence electrons. The van der Waals surface area contributed by atoms with Gasteiger partial charge < -0.3 is 9.88 Å². The summed E-state index contributed by atoms with van der Waals surface area (Å²) in [5.74, 6) is 1.05. The van der Waals surface area contributed by atoms with Gasteiger partial charge in [0.25, 0.3) is 0 Å². The van der Waals surface area contributed by atoms with E-state index in [1.54, 1.807) is 22.7 Å². The Morgan fingerprint density at radius 3 is 2.90 bits per heavy atom. The fourth-order valence-corrected chi connectivity index (χ4v) is 3.74. The van der Waals surface area contributed by atoms with Gasteiger partial charge in [-0.3, -0.25) is 0 Å². The van der Waals surface area contributed by atoms with Crippen LogP contribution < -0.4 is 5.32 Å². The standard InChI is InChI=1S/C15H18N4S2/c1-11-18-12(10-21-11)5-6-16-14(13-4-3-9-20-13)15-17-7-8-19(15)2/h3-4,7-10,14,16H,5-6H2,1-2H3. The van der Waals surface area contributed by atoms with E-state index in [0.717, 1.165) is 29.5 Å². The Morgan fingerprint density at radius 2 is 2.29 bits per heavy atom. The largest absolute Gasteiger partial charge is 0.336 e. The minimum atomic E-state index is 0.143. The highest BCUT2D eigenvalue weighted by molar-refractivity contribution is 7.10. The molecule has 4 nitrogen and oxygen atoms in total. The van der Waals surface area contributed by atoms with Crippen molar-refractivity contribution in [3.8, 4) is 0 Å². The van der Waals surface area contributed by atoms with Crippen molar-refractivity contribution >= 4 is 22.7 Å². The SMILES string of the molecule is Cc1nc(CCNC(c2cccs2)c2nccn2C)cs1. The van der Waals surface area contributed by atoms with Crippen molar-refractivity contribution in [2.45, 2.75) is 19.4 Å². The molecule has 3 aromatic rings. The zero-order valence-electron chi connectivity index (χ0n) is 12.1. The van der Waals surface area contributed by atoms with Crippen LogP contribution in [0, 0.1) is 6.92 Å². The molecule has 1 N–H and O–H groups in total. The maximum atomic E-state index is 4.51. The van der Waals surface area contributed by atoms with E-state index in [2.05, 4.69) is 42.7 Å². The average molecular weight is 318 g/mol. The first kappa shape index (κ1) is 14.4. The molecule has 0 amide bonds. The first-order chi connectivity index (χ1) is 10.2. The molecule has 3 rings (SSSR count). The average Bonchev–Trinajstić information content (AvgIpc) is 3.18. The van der Waals surface area contributed by atoms with Gasteiger partial charge in [0.15, 0.2) is 0 Å². The number of thiophene rings is 1. The monoisotopic (exact) mass is 318 g/mol. The Balaban J connectivity index is 1.70. The molecule has 3 heterocycles. The van der Waals surface area contributed by atoms with Crippen molar-refractivity contribution in [3.05, 3.63) is 56.7 Å². The van der Waals surface area contributed by atoms with E-state index in [9.17, 15) is 0 Å². The normalized spacial score (nSPS) is 12.7. The highest BCUT2D eigenvalue weighted by atomic mass is 32.1. The number of rotatable bonds is 6. The molecule has 1 unspecified atom stereocenters. The molecule has 0 spiro atoms. The summed E-state index contributed by atoms with van der Waals surface area (Å²) in [6.45, 7) is 2.93. The van der Waals surface area contributed by atoms with Crippen LogP contribution in [0.5, 0.6) is 0 Å². The van der Waals surface area contributed by atoms with Crippen LogP contribution in [-0.4, -0.2) is 21.1 Å². The van der Waals surface area contributed by atoms with Crippen LogP contribution in [0.15, 0.2) is 35.3 Å². The number of thiazole rings is 1. The zero-order chi connectivity index (χ0) is 14.7. The van der Waals surface area contributed by atoms with Crippen LogP contribution in [0.1, 0.15) is 27.4 Å². The predicted molar refractivity (Wildman–Crippen MR) is 87.9 cm³/mol. The van der Waals surface area contributed by atoms with E-state index >= 15 is 0 Å². The quantitative estimate of drug-likeness (QED) is 0.759. The minimum absolute atomic E-state index is 0.143. The van der Waals surface area contributed by atoms with Crippen molar-refractivity contribution in [1.82, 2.24) is 19.9 Å². The third-order valence-electron chi connectivity index (χ3n) is 3.34. The molecule has 0 aliphatic heterocycles. The van der Waals surface area contributed by atoms with Gasteiger partial charge in [0.1, 0.15) is 11.9 Å². The molecule has 0 aliphatic rings. The Morgan fingerprint density at radius 1 is 1.38 bits per heavy atom. The summed E-state index contributed by atoms with van der Waals surface area (Å²) in [6, 6.07) is 4.38. The zero-order valence-corrected chi connectivity index (χ0v) is 13.7. The second-order valence-electron chi connectivity index (χ2n) is 4.91. The van der Waals surface area contributed by atoms with Gasteiger partial charge in [-0.05, 0) is 18.4 Å². The Bertz CT molecular complexity index is 684. The van der Waals surface area contributed by atoms with Crippen molar-refractivity contribution in [2.24, 2.45) is 7.05 Å². The van der Waals surface area contributed by atoms with Crippen molar-refractivity contribution < 1.29 is 0 Å². The Labute approximate surface area is 132 Å². The molecule has 0 saturated heterocycles. The number of nitrogens with zero attached hydrogens (tertiary/aromatic N) is 3. The number of nitrogens with one attached hydrogen (secondary N) is 1. The third-order valence-corrected chi connectivity index (χ3v) is 5.10. The molecule has 0 saturated carbocycles. The minimum Gasteiger partial charge on any atom is -0.336 e. The van der Waals surface area contributed by atoms with E-state index in [1.165, 1.54) is 4.88 Å². The van der Waals surface area contributed by atoms with E-state index in [1.807, 2.05) is 26.4 Å². The smallest absolute Gasteiger partial charge is 0.131 e. The summed E-state index contributed by atoms with van der Waals surface area (Å²) in [5.41, 5.74) is 1.16. The summed E-state index contributed by atoms with van der Waals surface area (Å²) in [7, 11) is 2.04. The predicted octanol–water partition coefficient (Wildman–Crippen LogP) is 3.17. The molecular formula is C15H18N4S2. The van der Waals surface area contributed by atoms with Crippen molar-refractivity contribution in [3.63, 3.8) is 0 Å². The van der Waals surface area contributed by atoms with Crippen LogP contribution in [0.2, 0.25) is 0 Å². The molecule has 0 aliphatic carbocycles. The molecule has 1 atom stereocenters. The van der Waals surface area contributed by atoms with E-state index in [4.69, 9.17) is 0 Å². The molecule has 0 bridgehead atoms. The molecule has 3 aromatic heterocycles. The van der Waals surface area contributed by atoms with Crippen LogP contribution in [-0.2, 0) is 13.5 Å². The molecule has 6 heteroatoms. The van der Waals surface area contributed by atoms with Gasteiger partial charge in [0.05, 0.1) is 10.7 Å². The van der Waals surface area contributed by atoms with Crippen LogP contribution in [0.25, 0.3) is 0 Å². The Hall–Kier alpha value is -1.50. The first-order valence-electron chi connectivity index (χ1n) is 6.89. The van der Waals surface area contributed by atoms with Gasteiger partial charge in [-0.1, -0.05) is 6.07 Å². The summed E-state index contributed by atoms with van der Waals surface area (Å²) < 4.78 is 2.07. The number of aryl methyl sites for hydroxylation is 2. The second-order valence-corrected chi connectivity index (χ2v) is 6.95. The third kappa shape index (κ3) is 3.40. The van der Waals surface area contributed by atoms with Crippen LogP contribution in [0.4, 0.5) is 0 Å². The van der Waals surface area contributed by atoms with Crippen molar-refractivity contribution in [2.75, 3.05) is 6.54 Å². The van der Waals surface area contributed by atoms with Gasteiger partial charge in [0, 0.05) is 42.7 Å². The lowest BCUT2D eigenvalue weighted by Crippen LogP contribution is -2.26. The highest BCUT2D eigenvalue weighted by Gasteiger charge is 2.18. The summed E-state index contributed by atoms with van der Waals surface area (Å²) >= 11 is 3.47. The number of aromatic nitrogens is 3. The van der Waals surface area contributed by atoms with Crippen molar-refractivity contribution in [1.29, 1.82) is 0 Å². The Kier molecular flexibility index (Phi) is 4.48. The van der Waals surface area contributed by atoms with E-state index in [0.29, 0.717) is 0 Å². The van der Waals surface area contributed by atoms with Gasteiger partial charge in [-0.25, -0.2) is 9.97 Å². The molecule has 21 heavy (non-hydrogen) atoms. The number of hydrogen-bond donors (Lipinski definition) is 1. The maximum absolute atomic E-state index is 4.51. The lowest BCUT2D eigenvalue weighted by molar-refractivity contribution is 0.565. The molecular weight excluding hydrogens is 300 g/mol. The molecule has 0 fully saturated rings. The summed E-state index contributed by atoms with van der Waals surface area (Å²) in [5, 5.41) is 8.99. The van der Waals surface area contributed by atoms with Gasteiger partial charge >= 0.3 is 0 Å². The fourth-order valence-electron chi connectivity index (χ4n) is 2.30. The van der Waals surface area contributed by atoms with Crippen LogP contribution in [0.3, 0.4) is 0 Å². The first-order valence-corrected chi connectivity index (χ1v) is 8.65. The summed E-state index contributed by atoms with van der Waals surface area (Å²) in [4.78, 5) is 10.3. The highest BCUT2D eigenvalue weighted by Crippen LogP contribution is 2.24. The second kappa shape index (κ2) is 6.51. The maximum Gasteiger partial charge on any atom is 0.131 e. The lowest BCUT2D eigenvalue weighted by atomic mass is 10.2. The van der Waals surface area contributed by atoms with Gasteiger partial charge in [-0.15, -0.1) is 22.7 Å². The van der Waals surface area contributed by atoms with Gasteiger partial charge in [-0.2, -0.15) is 0 Å².